The lowest BCUT2D eigenvalue weighted by Gasteiger charge is -2.48. The first-order valence-corrected chi connectivity index (χ1v) is 35.7. The van der Waals surface area contributed by atoms with Crippen molar-refractivity contribution in [2.45, 2.75) is 349 Å². The SMILES string of the molecule is CC/C=C\C/C=C\C/C=C\C/C=C\C/C=C\C/C=C\CCCCCCCCCCC(=O)NC(COC1OC(CO)C(OC2OC(CO)C(OC3OC(CO)C(O)C(O)C3O)C(O)C2O)C(O)C1O)C(O)CCCCCCCCCCCCCCCCCCCCC. The Bertz CT molecular complexity index is 1930. The number of unbranched alkanes of at least 4 members (excludes halogenated alkanes) is 26. The van der Waals surface area contributed by atoms with Crippen LogP contribution in [0.15, 0.2) is 72.9 Å². The third-order valence-corrected chi connectivity index (χ3v) is 17.5. The highest BCUT2D eigenvalue weighted by atomic mass is 16.8. The summed E-state index contributed by atoms with van der Waals surface area (Å²) in [7, 11) is 0. The third kappa shape index (κ3) is 35.2. The van der Waals surface area contributed by atoms with Crippen LogP contribution >= 0.6 is 0 Å². The van der Waals surface area contributed by atoms with Crippen LogP contribution in [0.2, 0.25) is 0 Å². The molecule has 1 amide bonds. The molecule has 19 heteroatoms. The highest BCUT2D eigenvalue weighted by molar-refractivity contribution is 5.76. The van der Waals surface area contributed by atoms with Crippen molar-refractivity contribution in [2.75, 3.05) is 26.4 Å². The van der Waals surface area contributed by atoms with Crippen molar-refractivity contribution in [1.29, 1.82) is 0 Å². The van der Waals surface area contributed by atoms with Gasteiger partial charge in [-0.05, 0) is 64.2 Å². The van der Waals surface area contributed by atoms with Crippen LogP contribution in [0.1, 0.15) is 245 Å². The summed E-state index contributed by atoms with van der Waals surface area (Å²) in [4.78, 5) is 13.4. The van der Waals surface area contributed by atoms with E-state index in [-0.39, 0.29) is 18.9 Å². The highest BCUT2D eigenvalue weighted by Gasteiger charge is 2.53. The van der Waals surface area contributed by atoms with Crippen molar-refractivity contribution in [3.05, 3.63) is 72.9 Å². The normalized spacial score (nSPS) is 28.3. The number of carbonyl (C=O) groups is 1. The van der Waals surface area contributed by atoms with Gasteiger partial charge in [-0.25, -0.2) is 0 Å². The maximum Gasteiger partial charge on any atom is 0.220 e. The van der Waals surface area contributed by atoms with Gasteiger partial charge in [0.05, 0.1) is 38.6 Å². The van der Waals surface area contributed by atoms with E-state index in [1.165, 1.54) is 116 Å². The molecule has 0 aromatic carbocycles. The van der Waals surface area contributed by atoms with Crippen molar-refractivity contribution >= 4 is 5.91 Å². The molecule has 0 aliphatic carbocycles. The summed E-state index contributed by atoms with van der Waals surface area (Å²) in [5.41, 5.74) is 0. The van der Waals surface area contributed by atoms with Gasteiger partial charge in [0.15, 0.2) is 18.9 Å². The molecule has 0 saturated carbocycles. The second-order valence-electron chi connectivity index (χ2n) is 25.3. The molecule has 17 atom stereocenters. The second-order valence-corrected chi connectivity index (χ2v) is 25.3. The minimum Gasteiger partial charge on any atom is -0.394 e. The molecule has 3 rings (SSSR count). The third-order valence-electron chi connectivity index (χ3n) is 17.5. The number of ether oxygens (including phenoxy) is 6. The van der Waals surface area contributed by atoms with Crippen LogP contribution in [0.3, 0.4) is 0 Å². The lowest BCUT2D eigenvalue weighted by molar-refractivity contribution is -0.379. The molecule has 528 valence electrons. The number of aliphatic hydroxyl groups excluding tert-OH is 11. The molecule has 0 radical (unpaired) electrons. The van der Waals surface area contributed by atoms with Gasteiger partial charge in [-0.1, -0.05) is 247 Å². The zero-order valence-corrected chi connectivity index (χ0v) is 55.8. The van der Waals surface area contributed by atoms with Crippen LogP contribution in [0.25, 0.3) is 0 Å². The summed E-state index contributed by atoms with van der Waals surface area (Å²) in [6, 6.07) is -0.897. The lowest BCUT2D eigenvalue weighted by Crippen LogP contribution is -2.66. The van der Waals surface area contributed by atoms with Crippen molar-refractivity contribution in [1.82, 2.24) is 5.32 Å². The monoisotopic (exact) mass is 1290 g/mol. The minimum absolute atomic E-state index is 0.253. The number of hydrogen-bond donors (Lipinski definition) is 12. The Kier molecular flexibility index (Phi) is 48.4. The fourth-order valence-corrected chi connectivity index (χ4v) is 11.8. The molecule has 3 fully saturated rings. The first kappa shape index (κ1) is 82.5. The minimum atomic E-state index is -1.98. The topological polar surface area (TPSA) is 307 Å². The molecule has 91 heavy (non-hydrogen) atoms. The molecular weight excluding hydrogens is 1170 g/mol. The molecule has 3 heterocycles. The van der Waals surface area contributed by atoms with Crippen molar-refractivity contribution < 1.29 is 89.4 Å². The largest absolute Gasteiger partial charge is 0.394 e. The number of hydrogen-bond acceptors (Lipinski definition) is 18. The quantitative estimate of drug-likeness (QED) is 0.0199. The molecule has 12 N–H and O–H groups in total. The van der Waals surface area contributed by atoms with E-state index in [1.54, 1.807) is 0 Å². The summed E-state index contributed by atoms with van der Waals surface area (Å²) in [6.07, 6.45) is 39.6. The molecule has 17 unspecified atom stereocenters. The van der Waals surface area contributed by atoms with Crippen molar-refractivity contribution in [2.24, 2.45) is 0 Å². The predicted octanol–water partition coefficient (Wildman–Crippen LogP) is 9.72. The summed E-state index contributed by atoms with van der Waals surface area (Å²) < 4.78 is 34.4. The first-order chi connectivity index (χ1) is 44.3. The van der Waals surface area contributed by atoms with Gasteiger partial charge in [-0.3, -0.25) is 4.79 Å². The molecule has 0 spiro atoms. The van der Waals surface area contributed by atoms with Crippen LogP contribution in [0.5, 0.6) is 0 Å². The molecule has 3 saturated heterocycles. The van der Waals surface area contributed by atoms with E-state index >= 15 is 0 Å². The van der Waals surface area contributed by atoms with Gasteiger partial charge in [0.25, 0.3) is 0 Å². The van der Waals surface area contributed by atoms with E-state index in [4.69, 9.17) is 28.4 Å². The molecule has 3 aliphatic heterocycles. The van der Waals surface area contributed by atoms with Gasteiger partial charge in [0, 0.05) is 6.42 Å². The molecule has 0 aromatic rings. The number of carbonyl (C=O) groups excluding carboxylic acids is 1. The van der Waals surface area contributed by atoms with E-state index in [2.05, 4.69) is 92.1 Å². The molecule has 19 nitrogen and oxygen atoms in total. The Hall–Kier alpha value is -2.77. The fraction of sp³-hybridized carbons (Fsp3) is 0.819. The summed E-state index contributed by atoms with van der Waals surface area (Å²) >= 11 is 0. The Morgan fingerprint density at radius 1 is 0.407 bits per heavy atom. The average molecular weight is 1290 g/mol. The van der Waals surface area contributed by atoms with Crippen LogP contribution in [0, 0.1) is 0 Å². The van der Waals surface area contributed by atoms with Gasteiger partial charge in [0.2, 0.25) is 5.91 Å². The van der Waals surface area contributed by atoms with Gasteiger partial charge in [0.1, 0.15) is 73.2 Å². The van der Waals surface area contributed by atoms with E-state index in [0.29, 0.717) is 12.8 Å². The number of amides is 1. The van der Waals surface area contributed by atoms with Gasteiger partial charge in [-0.2, -0.15) is 0 Å². The predicted molar refractivity (Wildman–Crippen MR) is 355 cm³/mol. The molecule has 0 aromatic heterocycles. The van der Waals surface area contributed by atoms with Crippen LogP contribution in [0.4, 0.5) is 0 Å². The summed E-state index contributed by atoms with van der Waals surface area (Å²) in [5, 5.41) is 121. The van der Waals surface area contributed by atoms with Gasteiger partial charge in [-0.15, -0.1) is 0 Å². The maximum atomic E-state index is 13.4. The van der Waals surface area contributed by atoms with Crippen LogP contribution in [-0.4, -0.2) is 193 Å². The Morgan fingerprint density at radius 2 is 0.758 bits per heavy atom. The molecule has 3 aliphatic rings. The Labute approximate surface area is 547 Å². The van der Waals surface area contributed by atoms with Gasteiger partial charge >= 0.3 is 0 Å². The Balaban J connectivity index is 1.42. The summed E-state index contributed by atoms with van der Waals surface area (Å²) in [6.45, 7) is 1.69. The number of allylic oxidation sites excluding steroid dienone is 12. The van der Waals surface area contributed by atoms with Crippen LogP contribution < -0.4 is 5.32 Å². The smallest absolute Gasteiger partial charge is 0.220 e. The van der Waals surface area contributed by atoms with Crippen molar-refractivity contribution in [3.8, 4) is 0 Å². The standard InChI is InChI=1S/C72H127NO18/c1-3-5-7-9-11-13-15-17-19-21-23-24-25-26-27-28-29-30-32-34-36-38-40-42-44-46-48-50-60(78)73-55(56(77)49-47-45-43-41-39-37-35-33-31-22-20-18-16-14-12-10-8-6-4-2)54-86-70-66(84)63(81)68(58(52-75)88-70)91-72-67(85)64(82)69(59(53-76)89-72)90-71-65(83)62(80)61(79)57(51-74)87-71/h5,7,11,13,17,19,23-24,26-27,29-30,55-59,61-72,74-77,79-85H,3-4,6,8-10,12,14-16,18,20-22,25,28,31-54H2,1-2H3,(H,73,78)/b7-5-,13-11-,19-17-,24-23-,27-26-,30-29-. The zero-order valence-electron chi connectivity index (χ0n) is 55.8. The van der Waals surface area contributed by atoms with E-state index < -0.39 is 124 Å². The number of aliphatic hydroxyl groups is 11. The highest BCUT2D eigenvalue weighted by Crippen LogP contribution is 2.33. The maximum absolute atomic E-state index is 13.4. The zero-order chi connectivity index (χ0) is 66.1. The van der Waals surface area contributed by atoms with Gasteiger partial charge < -0.3 is 89.9 Å². The van der Waals surface area contributed by atoms with Crippen molar-refractivity contribution in [3.63, 3.8) is 0 Å². The number of rotatable bonds is 54. The lowest BCUT2D eigenvalue weighted by atomic mass is 9.96. The van der Waals surface area contributed by atoms with Crippen LogP contribution in [-0.2, 0) is 33.2 Å². The van der Waals surface area contributed by atoms with E-state index in [0.717, 1.165) is 96.3 Å². The van der Waals surface area contributed by atoms with E-state index in [9.17, 15) is 61.0 Å². The Morgan fingerprint density at radius 3 is 1.19 bits per heavy atom. The molecular formula is C72H127NO18. The fourth-order valence-electron chi connectivity index (χ4n) is 11.8. The van der Waals surface area contributed by atoms with E-state index in [1.807, 2.05) is 0 Å². The first-order valence-electron chi connectivity index (χ1n) is 35.7. The summed E-state index contributed by atoms with van der Waals surface area (Å²) in [5.74, 6) is -0.253. The average Bonchev–Trinajstić information content (AvgIpc) is 0.885. The molecule has 0 bridgehead atoms. The second kappa shape index (κ2) is 53.4. The number of nitrogens with one attached hydrogen (secondary N) is 1.